The van der Waals surface area contributed by atoms with Gasteiger partial charge in [-0.3, -0.25) is 0 Å². The van der Waals surface area contributed by atoms with Gasteiger partial charge in [0.25, 0.3) is 0 Å². The van der Waals surface area contributed by atoms with Gasteiger partial charge in [0.05, 0.1) is 11.6 Å². The molecule has 0 aromatic heterocycles. The molecule has 0 atom stereocenters. The van der Waals surface area contributed by atoms with Gasteiger partial charge in [0.15, 0.2) is 0 Å². The lowest BCUT2D eigenvalue weighted by Gasteiger charge is -2.08. The maximum absolute atomic E-state index is 6.02. The number of halogens is 2. The summed E-state index contributed by atoms with van der Waals surface area (Å²) in [5.41, 5.74) is 0. The molecule has 0 N–H and O–H groups in total. The summed E-state index contributed by atoms with van der Waals surface area (Å²) in [5, 5.41) is 1.28. The lowest BCUT2D eigenvalue weighted by atomic mass is 10.1. The van der Waals surface area contributed by atoms with Crippen molar-refractivity contribution >= 4 is 35.8 Å². The van der Waals surface area contributed by atoms with Gasteiger partial charge in [-0.05, 0) is 30.7 Å². The summed E-state index contributed by atoms with van der Waals surface area (Å²) in [6.45, 7) is 0.705. The average Bonchev–Trinajstić information content (AvgIpc) is 2.40. The van der Waals surface area contributed by atoms with Crippen molar-refractivity contribution in [1.29, 1.82) is 0 Å². The molecular formula is C15H22Cl2OS. The molecule has 0 aliphatic carbocycles. The fourth-order valence-electron chi connectivity index (χ4n) is 1.87. The van der Waals surface area contributed by atoms with E-state index in [1.54, 1.807) is 18.2 Å². The van der Waals surface area contributed by atoms with Crippen LogP contribution in [0.5, 0.6) is 5.75 Å². The first-order valence-corrected chi connectivity index (χ1v) is 8.31. The topological polar surface area (TPSA) is 9.23 Å². The van der Waals surface area contributed by atoms with E-state index in [9.17, 15) is 0 Å². The van der Waals surface area contributed by atoms with Crippen molar-refractivity contribution in [2.24, 2.45) is 0 Å². The highest BCUT2D eigenvalue weighted by Gasteiger charge is 2.02. The minimum atomic E-state index is 0.621. The lowest BCUT2D eigenvalue weighted by Crippen LogP contribution is -1.97. The molecule has 0 heterocycles. The summed E-state index contributed by atoms with van der Waals surface area (Å²) in [6, 6.07) is 5.30. The molecule has 0 fully saturated rings. The normalized spacial score (nSPS) is 10.7. The molecule has 0 bridgehead atoms. The van der Waals surface area contributed by atoms with Crippen molar-refractivity contribution in [2.45, 2.75) is 44.9 Å². The number of hydrogen-bond acceptors (Lipinski definition) is 2. The Morgan fingerprint density at radius 3 is 2.21 bits per heavy atom. The van der Waals surface area contributed by atoms with Crippen LogP contribution < -0.4 is 4.74 Å². The standard InChI is InChI=1S/C15H22Cl2OS/c16-13-8-9-14(17)15(12-13)18-10-6-4-2-1-3-5-7-11-19/h8-9,12,19H,1-7,10-11H2. The van der Waals surface area contributed by atoms with Crippen LogP contribution in [0, 0.1) is 0 Å². The molecule has 0 saturated carbocycles. The third-order valence-corrected chi connectivity index (χ3v) is 3.82. The molecule has 0 spiro atoms. The van der Waals surface area contributed by atoms with Crippen LogP contribution in [0.25, 0.3) is 0 Å². The third kappa shape index (κ3) is 7.96. The monoisotopic (exact) mass is 320 g/mol. The number of ether oxygens (including phenoxy) is 1. The molecule has 0 amide bonds. The quantitative estimate of drug-likeness (QED) is 0.409. The molecule has 0 radical (unpaired) electrons. The Kier molecular flexibility index (Phi) is 9.58. The Bertz CT molecular complexity index is 358. The first kappa shape index (κ1) is 17.0. The van der Waals surface area contributed by atoms with Crippen molar-refractivity contribution in [3.63, 3.8) is 0 Å². The summed E-state index contributed by atoms with van der Waals surface area (Å²) in [7, 11) is 0. The molecule has 1 rings (SSSR count). The number of unbranched alkanes of at least 4 members (excludes halogenated alkanes) is 6. The van der Waals surface area contributed by atoms with Crippen molar-refractivity contribution < 1.29 is 4.74 Å². The molecule has 0 unspecified atom stereocenters. The Balaban J connectivity index is 2.03. The van der Waals surface area contributed by atoms with Gasteiger partial charge in [0.1, 0.15) is 5.75 Å². The van der Waals surface area contributed by atoms with E-state index >= 15 is 0 Å². The van der Waals surface area contributed by atoms with Crippen molar-refractivity contribution in [3.8, 4) is 5.75 Å². The highest BCUT2D eigenvalue weighted by Crippen LogP contribution is 2.27. The second-order valence-electron chi connectivity index (χ2n) is 4.62. The molecule has 0 aliphatic rings. The molecule has 0 aliphatic heterocycles. The zero-order valence-electron chi connectivity index (χ0n) is 11.2. The molecule has 0 saturated heterocycles. The van der Waals surface area contributed by atoms with E-state index in [0.717, 1.165) is 12.2 Å². The predicted molar refractivity (Wildman–Crippen MR) is 88.1 cm³/mol. The maximum Gasteiger partial charge on any atom is 0.139 e. The molecule has 1 nitrogen and oxygen atoms in total. The van der Waals surface area contributed by atoms with Crippen LogP contribution in [0.4, 0.5) is 0 Å². The molecule has 108 valence electrons. The predicted octanol–water partition coefficient (Wildman–Crippen LogP) is 6.03. The second-order valence-corrected chi connectivity index (χ2v) is 5.91. The summed E-state index contributed by atoms with van der Waals surface area (Å²) in [4.78, 5) is 0. The molecule has 1 aromatic carbocycles. The maximum atomic E-state index is 6.02. The van der Waals surface area contributed by atoms with Crippen molar-refractivity contribution in [3.05, 3.63) is 28.2 Å². The summed E-state index contributed by atoms with van der Waals surface area (Å²) < 4.78 is 5.64. The fraction of sp³-hybridized carbons (Fsp3) is 0.600. The van der Waals surface area contributed by atoms with E-state index in [1.165, 1.54) is 38.5 Å². The lowest BCUT2D eigenvalue weighted by molar-refractivity contribution is 0.304. The van der Waals surface area contributed by atoms with E-state index in [4.69, 9.17) is 27.9 Å². The van der Waals surface area contributed by atoms with E-state index in [-0.39, 0.29) is 0 Å². The van der Waals surface area contributed by atoms with Crippen LogP contribution >= 0.6 is 35.8 Å². The minimum Gasteiger partial charge on any atom is -0.492 e. The van der Waals surface area contributed by atoms with Gasteiger partial charge >= 0.3 is 0 Å². The Morgan fingerprint density at radius 2 is 1.53 bits per heavy atom. The number of benzene rings is 1. The average molecular weight is 321 g/mol. The zero-order chi connectivity index (χ0) is 13.9. The van der Waals surface area contributed by atoms with Gasteiger partial charge < -0.3 is 4.74 Å². The minimum absolute atomic E-state index is 0.621. The van der Waals surface area contributed by atoms with Crippen LogP contribution in [0.3, 0.4) is 0 Å². The summed E-state index contributed by atoms with van der Waals surface area (Å²) >= 11 is 16.1. The van der Waals surface area contributed by atoms with Crippen LogP contribution in [-0.4, -0.2) is 12.4 Å². The van der Waals surface area contributed by atoms with Gasteiger partial charge in [0.2, 0.25) is 0 Å². The summed E-state index contributed by atoms with van der Waals surface area (Å²) in [5.74, 6) is 1.69. The van der Waals surface area contributed by atoms with Gasteiger partial charge in [-0.15, -0.1) is 0 Å². The first-order chi connectivity index (χ1) is 9.24. The van der Waals surface area contributed by atoms with Crippen molar-refractivity contribution in [1.82, 2.24) is 0 Å². The number of rotatable bonds is 10. The number of hydrogen-bond donors (Lipinski definition) is 1. The van der Waals surface area contributed by atoms with Gasteiger partial charge in [-0.25, -0.2) is 0 Å². The summed E-state index contributed by atoms with van der Waals surface area (Å²) in [6.07, 6.45) is 8.72. The largest absolute Gasteiger partial charge is 0.492 e. The van der Waals surface area contributed by atoms with E-state index in [0.29, 0.717) is 22.4 Å². The van der Waals surface area contributed by atoms with Crippen LogP contribution in [-0.2, 0) is 0 Å². The third-order valence-electron chi connectivity index (χ3n) is 2.95. The van der Waals surface area contributed by atoms with Gasteiger partial charge in [-0.1, -0.05) is 55.3 Å². The Hall–Kier alpha value is -0.0500. The SMILES string of the molecule is SCCCCCCCCCOc1cc(Cl)ccc1Cl. The number of thiol groups is 1. The zero-order valence-corrected chi connectivity index (χ0v) is 13.6. The highest BCUT2D eigenvalue weighted by molar-refractivity contribution is 7.80. The molecule has 4 heteroatoms. The van der Waals surface area contributed by atoms with Crippen LogP contribution in [0.15, 0.2) is 18.2 Å². The Labute approximate surface area is 132 Å². The van der Waals surface area contributed by atoms with E-state index in [2.05, 4.69) is 12.6 Å². The Morgan fingerprint density at radius 1 is 0.895 bits per heavy atom. The fourth-order valence-corrected chi connectivity index (χ4v) is 2.43. The molecular weight excluding hydrogens is 299 g/mol. The van der Waals surface area contributed by atoms with Crippen molar-refractivity contribution in [2.75, 3.05) is 12.4 Å². The second kappa shape index (κ2) is 10.7. The van der Waals surface area contributed by atoms with E-state index < -0.39 is 0 Å². The molecule has 19 heavy (non-hydrogen) atoms. The van der Waals surface area contributed by atoms with Crippen LogP contribution in [0.2, 0.25) is 10.0 Å². The first-order valence-electron chi connectivity index (χ1n) is 6.93. The van der Waals surface area contributed by atoms with E-state index in [1.807, 2.05) is 0 Å². The smallest absolute Gasteiger partial charge is 0.139 e. The van der Waals surface area contributed by atoms with Crippen LogP contribution in [0.1, 0.15) is 44.9 Å². The van der Waals surface area contributed by atoms with Gasteiger partial charge in [0, 0.05) is 11.1 Å². The highest BCUT2D eigenvalue weighted by atomic mass is 35.5. The molecule has 1 aromatic rings. The van der Waals surface area contributed by atoms with Gasteiger partial charge in [-0.2, -0.15) is 12.6 Å².